The van der Waals surface area contributed by atoms with Crippen molar-refractivity contribution in [2.24, 2.45) is 0 Å². The van der Waals surface area contributed by atoms with E-state index in [1.165, 1.54) is 20.9 Å². The van der Waals surface area contributed by atoms with Crippen molar-refractivity contribution in [3.05, 3.63) is 47.5 Å². The molecule has 4 N–H and O–H groups in total. The number of fused-ring (bicyclic) bond motifs is 2. The van der Waals surface area contributed by atoms with E-state index in [1.807, 2.05) is 12.1 Å². The smallest absolute Gasteiger partial charge is 0.0317 e. The summed E-state index contributed by atoms with van der Waals surface area (Å²) in [5.41, 5.74) is 15.8. The molecule has 16 heavy (non-hydrogen) atoms. The molecule has 0 atom stereocenters. The van der Waals surface area contributed by atoms with Crippen molar-refractivity contribution < 1.29 is 0 Å². The van der Waals surface area contributed by atoms with Crippen LogP contribution in [-0.4, -0.2) is 0 Å². The Hall–Kier alpha value is -1.61. The molecule has 0 bridgehead atoms. The Bertz CT molecular complexity index is 514. The van der Waals surface area contributed by atoms with E-state index < -0.39 is 0 Å². The minimum atomic E-state index is 0.826. The number of rotatable bonds is 0. The van der Waals surface area contributed by atoms with Gasteiger partial charge in [-0.2, -0.15) is 0 Å². The number of hydrogen-bond donors (Lipinski definition) is 2. The van der Waals surface area contributed by atoms with Crippen LogP contribution >= 0.6 is 11.8 Å². The molecule has 0 unspecified atom stereocenters. The molecule has 0 radical (unpaired) electrons. The van der Waals surface area contributed by atoms with Crippen LogP contribution in [0.5, 0.6) is 0 Å². The van der Waals surface area contributed by atoms with Crippen LogP contribution in [0.3, 0.4) is 0 Å². The van der Waals surface area contributed by atoms with Crippen molar-refractivity contribution in [2.75, 3.05) is 11.5 Å². The summed E-state index contributed by atoms with van der Waals surface area (Å²) in [5, 5.41) is 0. The molecule has 2 aromatic carbocycles. The van der Waals surface area contributed by atoms with Crippen molar-refractivity contribution in [1.82, 2.24) is 0 Å². The molecule has 1 aliphatic heterocycles. The van der Waals surface area contributed by atoms with Crippen molar-refractivity contribution in [3.63, 3.8) is 0 Å². The first kappa shape index (κ1) is 9.60. The molecule has 0 aromatic heterocycles. The molecule has 3 heteroatoms. The van der Waals surface area contributed by atoms with Gasteiger partial charge in [-0.15, -0.1) is 0 Å². The third-order valence-corrected chi connectivity index (χ3v) is 4.01. The van der Waals surface area contributed by atoms with Crippen LogP contribution in [0.4, 0.5) is 11.4 Å². The zero-order valence-electron chi connectivity index (χ0n) is 8.73. The molecular weight excluding hydrogens is 216 g/mol. The van der Waals surface area contributed by atoms with Gasteiger partial charge in [0.25, 0.3) is 0 Å². The van der Waals surface area contributed by atoms with Crippen molar-refractivity contribution in [3.8, 4) is 0 Å². The van der Waals surface area contributed by atoms with E-state index >= 15 is 0 Å². The summed E-state index contributed by atoms with van der Waals surface area (Å²) in [6, 6.07) is 12.2. The number of nitrogen functional groups attached to an aromatic ring is 2. The summed E-state index contributed by atoms with van der Waals surface area (Å²) >= 11 is 1.79. The summed E-state index contributed by atoms with van der Waals surface area (Å²) < 4.78 is 0. The molecule has 80 valence electrons. The number of anilines is 2. The van der Waals surface area contributed by atoms with Gasteiger partial charge in [0, 0.05) is 21.2 Å². The van der Waals surface area contributed by atoms with Crippen molar-refractivity contribution in [1.29, 1.82) is 0 Å². The number of hydrogen-bond acceptors (Lipinski definition) is 3. The van der Waals surface area contributed by atoms with Gasteiger partial charge in [-0.3, -0.25) is 0 Å². The molecule has 0 saturated carbocycles. The highest BCUT2D eigenvalue weighted by Crippen LogP contribution is 2.40. The monoisotopic (exact) mass is 228 g/mol. The molecule has 0 amide bonds. The van der Waals surface area contributed by atoms with E-state index in [0.717, 1.165) is 17.8 Å². The van der Waals surface area contributed by atoms with Gasteiger partial charge in [-0.25, -0.2) is 0 Å². The van der Waals surface area contributed by atoms with Crippen LogP contribution in [0.25, 0.3) is 0 Å². The molecule has 0 fully saturated rings. The SMILES string of the molecule is Nc1ccc2c(c1)Cc1cc(N)ccc1S2. The normalized spacial score (nSPS) is 13.0. The molecular formula is C13H12N2S. The average molecular weight is 228 g/mol. The lowest BCUT2D eigenvalue weighted by Gasteiger charge is -2.19. The maximum Gasteiger partial charge on any atom is 0.0317 e. The minimum absolute atomic E-state index is 0.826. The van der Waals surface area contributed by atoms with Gasteiger partial charge in [0.2, 0.25) is 0 Å². The second kappa shape index (κ2) is 3.46. The van der Waals surface area contributed by atoms with Gasteiger partial charge in [0.1, 0.15) is 0 Å². The van der Waals surface area contributed by atoms with E-state index in [-0.39, 0.29) is 0 Å². The van der Waals surface area contributed by atoms with Crippen molar-refractivity contribution >= 4 is 23.1 Å². The second-order valence-corrected chi connectivity index (χ2v) is 5.10. The summed E-state index contributed by atoms with van der Waals surface area (Å²) in [4.78, 5) is 2.60. The lowest BCUT2D eigenvalue weighted by atomic mass is 10.0. The molecule has 1 aliphatic rings. The van der Waals surface area contributed by atoms with E-state index in [0.29, 0.717) is 0 Å². The first-order valence-corrected chi connectivity index (χ1v) is 5.99. The summed E-state index contributed by atoms with van der Waals surface area (Å²) in [5.74, 6) is 0. The quantitative estimate of drug-likeness (QED) is 0.582. The maximum atomic E-state index is 5.80. The fraction of sp³-hybridized carbons (Fsp3) is 0.0769. The van der Waals surface area contributed by atoms with Gasteiger partial charge in [-0.1, -0.05) is 11.8 Å². The fourth-order valence-corrected chi connectivity index (χ4v) is 3.03. The summed E-state index contributed by atoms with van der Waals surface area (Å²) in [6.45, 7) is 0. The molecule has 0 spiro atoms. The summed E-state index contributed by atoms with van der Waals surface area (Å²) in [6.07, 6.45) is 0.924. The highest BCUT2D eigenvalue weighted by Gasteiger charge is 2.15. The van der Waals surface area contributed by atoms with Gasteiger partial charge in [-0.05, 0) is 53.9 Å². The highest BCUT2D eigenvalue weighted by molar-refractivity contribution is 7.99. The van der Waals surface area contributed by atoms with Crippen LogP contribution in [0, 0.1) is 0 Å². The minimum Gasteiger partial charge on any atom is -0.399 e. The van der Waals surface area contributed by atoms with E-state index in [4.69, 9.17) is 11.5 Å². The third-order valence-electron chi connectivity index (χ3n) is 2.77. The average Bonchev–Trinajstić information content (AvgIpc) is 2.26. The Morgan fingerprint density at radius 2 is 1.31 bits per heavy atom. The second-order valence-electron chi connectivity index (χ2n) is 4.01. The zero-order chi connectivity index (χ0) is 11.1. The Kier molecular flexibility index (Phi) is 2.07. The Labute approximate surface area is 98.7 Å². The first-order chi connectivity index (χ1) is 7.72. The first-order valence-electron chi connectivity index (χ1n) is 5.17. The lowest BCUT2D eigenvalue weighted by Crippen LogP contribution is -2.01. The van der Waals surface area contributed by atoms with E-state index in [9.17, 15) is 0 Å². The van der Waals surface area contributed by atoms with Gasteiger partial charge >= 0.3 is 0 Å². The Morgan fingerprint density at radius 3 is 1.81 bits per heavy atom. The Balaban J connectivity index is 2.10. The van der Waals surface area contributed by atoms with E-state index in [1.54, 1.807) is 11.8 Å². The predicted molar refractivity (Wildman–Crippen MR) is 68.6 cm³/mol. The van der Waals surface area contributed by atoms with Crippen LogP contribution in [0.15, 0.2) is 46.2 Å². The molecule has 0 saturated heterocycles. The highest BCUT2D eigenvalue weighted by atomic mass is 32.2. The van der Waals surface area contributed by atoms with Crippen LogP contribution in [0.1, 0.15) is 11.1 Å². The molecule has 3 rings (SSSR count). The zero-order valence-corrected chi connectivity index (χ0v) is 9.55. The summed E-state index contributed by atoms with van der Waals surface area (Å²) in [7, 11) is 0. The topological polar surface area (TPSA) is 52.0 Å². The number of benzene rings is 2. The molecule has 0 aliphatic carbocycles. The standard InChI is InChI=1S/C13H12N2S/c14-10-1-3-12-8(6-10)5-9-7-11(15)2-4-13(9)16-12/h1-4,6-7H,5,14-15H2. The van der Waals surface area contributed by atoms with E-state index in [2.05, 4.69) is 24.3 Å². The lowest BCUT2D eigenvalue weighted by molar-refractivity contribution is 1.06. The van der Waals surface area contributed by atoms with Gasteiger partial charge < -0.3 is 11.5 Å². The largest absolute Gasteiger partial charge is 0.399 e. The van der Waals surface area contributed by atoms with Gasteiger partial charge in [0.05, 0.1) is 0 Å². The van der Waals surface area contributed by atoms with Crippen LogP contribution in [0.2, 0.25) is 0 Å². The fourth-order valence-electron chi connectivity index (χ4n) is 2.00. The van der Waals surface area contributed by atoms with Crippen LogP contribution < -0.4 is 11.5 Å². The number of nitrogens with two attached hydrogens (primary N) is 2. The van der Waals surface area contributed by atoms with Crippen molar-refractivity contribution in [2.45, 2.75) is 16.2 Å². The third kappa shape index (κ3) is 1.53. The predicted octanol–water partition coefficient (Wildman–Crippen LogP) is 2.91. The molecule has 1 heterocycles. The molecule has 2 aromatic rings. The molecule has 2 nitrogen and oxygen atoms in total. The maximum absolute atomic E-state index is 5.80. The Morgan fingerprint density at radius 1 is 0.812 bits per heavy atom. The van der Waals surface area contributed by atoms with Gasteiger partial charge in [0.15, 0.2) is 0 Å². The van der Waals surface area contributed by atoms with Crippen LogP contribution in [-0.2, 0) is 6.42 Å².